The third-order valence-corrected chi connectivity index (χ3v) is 4.59. The van der Waals surface area contributed by atoms with Gasteiger partial charge >= 0.3 is 5.97 Å². The highest BCUT2D eigenvalue weighted by atomic mass is 32.1. The van der Waals surface area contributed by atoms with Gasteiger partial charge in [-0.2, -0.15) is 0 Å². The second-order valence-corrected chi connectivity index (χ2v) is 6.91. The highest BCUT2D eigenvalue weighted by molar-refractivity contribution is 7.81. The molecule has 4 nitrogen and oxygen atoms in total. The minimum atomic E-state index is -0.948. The zero-order chi connectivity index (χ0) is 18.6. The number of nitrogens with zero attached hydrogens (tertiary/aromatic N) is 1. The number of thiol groups is 1. The first-order valence-electron chi connectivity index (χ1n) is 9.57. The number of hydrogen-bond donors (Lipinski definition) is 1. The number of carbonyl (C=O) groups is 1. The Morgan fingerprint density at radius 1 is 1.04 bits per heavy atom. The number of rotatable bonds is 12. The van der Waals surface area contributed by atoms with E-state index in [9.17, 15) is 4.79 Å². The molecule has 0 fully saturated rings. The quantitative estimate of drug-likeness (QED) is 0.229. The molecule has 1 aromatic carbocycles. The average molecular weight is 376 g/mol. The summed E-state index contributed by atoms with van der Waals surface area (Å²) in [5.74, 6) is 0.0799. The Balaban J connectivity index is 1.66. The molecule has 5 heteroatoms. The van der Waals surface area contributed by atoms with Crippen molar-refractivity contribution in [3.63, 3.8) is 0 Å². The first kappa shape index (κ1) is 20.6. The molecule has 2 rings (SSSR count). The summed E-state index contributed by atoms with van der Waals surface area (Å²) >= 11 is 4.23. The third kappa shape index (κ3) is 6.87. The van der Waals surface area contributed by atoms with Crippen molar-refractivity contribution >= 4 is 29.5 Å². The second-order valence-electron chi connectivity index (χ2n) is 6.44. The maximum Gasteiger partial charge on any atom is 0.357 e. The van der Waals surface area contributed by atoms with Crippen molar-refractivity contribution < 1.29 is 14.3 Å². The number of benzene rings is 1. The molecule has 26 heavy (non-hydrogen) atoms. The zero-order valence-corrected chi connectivity index (χ0v) is 16.4. The molecule has 1 atom stereocenters. The lowest BCUT2D eigenvalue weighted by Gasteiger charge is -2.14. The Hall–Kier alpha value is -1.75. The lowest BCUT2D eigenvalue weighted by atomic mass is 10.1. The summed E-state index contributed by atoms with van der Waals surface area (Å²) < 4.78 is 10.9. The molecule has 0 saturated carbocycles. The number of aromatic nitrogens is 1. The molecule has 142 valence electrons. The van der Waals surface area contributed by atoms with E-state index in [-0.39, 0.29) is 0 Å². The fourth-order valence-electron chi connectivity index (χ4n) is 2.82. The summed E-state index contributed by atoms with van der Waals surface area (Å²) in [6.45, 7) is 2.64. The molecule has 0 N–H and O–H groups in total. The maximum absolute atomic E-state index is 12.0. The van der Waals surface area contributed by atoms with E-state index >= 15 is 0 Å². The fourth-order valence-corrected chi connectivity index (χ4v) is 3.01. The van der Waals surface area contributed by atoms with Crippen LogP contribution in [0.1, 0.15) is 58.3 Å². The Bertz CT molecular complexity index is 672. The van der Waals surface area contributed by atoms with Gasteiger partial charge in [-0.1, -0.05) is 70.1 Å². The van der Waals surface area contributed by atoms with Gasteiger partial charge in [0, 0.05) is 11.6 Å². The summed E-state index contributed by atoms with van der Waals surface area (Å²) in [7, 11) is 0. The normalized spacial score (nSPS) is 12.1. The first-order valence-corrected chi connectivity index (χ1v) is 10.1. The number of ether oxygens (including phenoxy) is 2. The van der Waals surface area contributed by atoms with Crippen molar-refractivity contribution in [1.29, 1.82) is 0 Å². The maximum atomic E-state index is 12.0. The van der Waals surface area contributed by atoms with Crippen LogP contribution < -0.4 is 4.74 Å². The predicted molar refractivity (Wildman–Crippen MR) is 109 cm³/mol. The van der Waals surface area contributed by atoms with Crippen LogP contribution in [0.2, 0.25) is 0 Å². The van der Waals surface area contributed by atoms with Gasteiger partial charge < -0.3 is 9.47 Å². The van der Waals surface area contributed by atoms with E-state index in [4.69, 9.17) is 9.47 Å². The number of para-hydroxylation sites is 1. The Morgan fingerprint density at radius 3 is 2.50 bits per heavy atom. The number of carbonyl (C=O) groups excluding carboxylic acids is 1. The van der Waals surface area contributed by atoms with Crippen LogP contribution >= 0.6 is 12.6 Å². The van der Waals surface area contributed by atoms with E-state index in [0.717, 1.165) is 18.2 Å². The number of fused-ring (bicyclic) bond motifs is 1. The molecule has 0 radical (unpaired) electrons. The van der Waals surface area contributed by atoms with Crippen LogP contribution in [0.4, 0.5) is 0 Å². The van der Waals surface area contributed by atoms with Gasteiger partial charge in [-0.15, -0.1) is 12.6 Å². The van der Waals surface area contributed by atoms with Crippen LogP contribution in [-0.4, -0.2) is 23.0 Å². The van der Waals surface area contributed by atoms with Crippen LogP contribution in [0, 0.1) is 0 Å². The van der Waals surface area contributed by atoms with E-state index in [1.54, 1.807) is 12.3 Å². The molecular weight excluding hydrogens is 346 g/mol. The van der Waals surface area contributed by atoms with Crippen LogP contribution in [0.3, 0.4) is 0 Å². The standard InChI is InChI=1S/C21H29NO3S/c1-2-3-4-5-6-7-8-9-16-24-20(23)21(26)25-18-14-10-12-17-13-11-15-22-19(17)18/h10-15,21,26H,2-9,16H2,1H3. The zero-order valence-electron chi connectivity index (χ0n) is 15.5. The van der Waals surface area contributed by atoms with Crippen molar-refractivity contribution in [2.45, 2.75) is 63.7 Å². The van der Waals surface area contributed by atoms with E-state index in [0.29, 0.717) is 17.9 Å². The van der Waals surface area contributed by atoms with Gasteiger partial charge in [0.05, 0.1) is 6.61 Å². The van der Waals surface area contributed by atoms with Gasteiger partial charge in [-0.25, -0.2) is 4.79 Å². The van der Waals surface area contributed by atoms with Gasteiger partial charge in [0.15, 0.2) is 0 Å². The SMILES string of the molecule is CCCCCCCCCCOC(=O)C(S)Oc1cccc2cccnc12. The van der Waals surface area contributed by atoms with Gasteiger partial charge in [0.25, 0.3) is 0 Å². The molecule has 1 aromatic heterocycles. The minimum Gasteiger partial charge on any atom is -0.466 e. The predicted octanol–water partition coefficient (Wildman–Crippen LogP) is 5.55. The molecule has 0 spiro atoms. The highest BCUT2D eigenvalue weighted by Crippen LogP contribution is 2.24. The first-order chi connectivity index (χ1) is 12.7. The Kier molecular flexibility index (Phi) is 9.32. The molecule has 2 aromatic rings. The Morgan fingerprint density at radius 2 is 1.73 bits per heavy atom. The molecule has 0 amide bonds. The lowest BCUT2D eigenvalue weighted by Crippen LogP contribution is -2.24. The molecular formula is C21H29NO3S. The lowest BCUT2D eigenvalue weighted by molar-refractivity contribution is -0.147. The van der Waals surface area contributed by atoms with Gasteiger partial charge in [-0.3, -0.25) is 4.98 Å². The minimum absolute atomic E-state index is 0.419. The highest BCUT2D eigenvalue weighted by Gasteiger charge is 2.18. The van der Waals surface area contributed by atoms with Crippen LogP contribution in [0.5, 0.6) is 5.75 Å². The van der Waals surface area contributed by atoms with E-state index < -0.39 is 11.4 Å². The number of esters is 1. The average Bonchev–Trinajstić information content (AvgIpc) is 2.66. The molecule has 0 aliphatic carbocycles. The van der Waals surface area contributed by atoms with Crippen LogP contribution in [0.25, 0.3) is 10.9 Å². The van der Waals surface area contributed by atoms with E-state index in [2.05, 4.69) is 24.5 Å². The molecule has 1 unspecified atom stereocenters. The third-order valence-electron chi connectivity index (χ3n) is 4.28. The van der Waals surface area contributed by atoms with Crippen LogP contribution in [-0.2, 0) is 9.53 Å². The van der Waals surface area contributed by atoms with E-state index in [1.807, 2.05) is 24.3 Å². The monoisotopic (exact) mass is 375 g/mol. The summed E-state index contributed by atoms with van der Waals surface area (Å²) in [6.07, 6.45) is 11.4. The molecule has 0 aliphatic rings. The summed E-state index contributed by atoms with van der Waals surface area (Å²) in [5.41, 5.74) is -0.235. The summed E-state index contributed by atoms with van der Waals surface area (Å²) in [6, 6.07) is 9.41. The van der Waals surface area contributed by atoms with Crippen molar-refractivity contribution in [3.05, 3.63) is 36.5 Å². The molecule has 0 aliphatic heterocycles. The molecule has 0 saturated heterocycles. The molecule has 1 heterocycles. The topological polar surface area (TPSA) is 48.4 Å². The number of pyridine rings is 1. The Labute approximate surface area is 161 Å². The van der Waals surface area contributed by atoms with E-state index in [1.165, 1.54) is 38.5 Å². The van der Waals surface area contributed by atoms with Gasteiger partial charge in [0.2, 0.25) is 5.44 Å². The largest absolute Gasteiger partial charge is 0.466 e. The molecule has 0 bridgehead atoms. The van der Waals surface area contributed by atoms with Crippen molar-refractivity contribution in [1.82, 2.24) is 4.98 Å². The number of unbranched alkanes of at least 4 members (excludes halogenated alkanes) is 7. The smallest absolute Gasteiger partial charge is 0.357 e. The van der Waals surface area contributed by atoms with Crippen molar-refractivity contribution in [2.75, 3.05) is 6.61 Å². The summed E-state index contributed by atoms with van der Waals surface area (Å²) in [4.78, 5) is 16.4. The van der Waals surface area contributed by atoms with Gasteiger partial charge in [0.1, 0.15) is 11.3 Å². The van der Waals surface area contributed by atoms with Gasteiger partial charge in [-0.05, 0) is 18.6 Å². The van der Waals surface area contributed by atoms with Crippen molar-refractivity contribution in [3.8, 4) is 5.75 Å². The van der Waals surface area contributed by atoms with Crippen molar-refractivity contribution in [2.24, 2.45) is 0 Å². The number of hydrogen-bond acceptors (Lipinski definition) is 5. The second kappa shape index (κ2) is 11.8. The summed E-state index contributed by atoms with van der Waals surface area (Å²) in [5, 5.41) is 0.956. The van der Waals surface area contributed by atoms with Crippen LogP contribution in [0.15, 0.2) is 36.5 Å². The fraction of sp³-hybridized carbons (Fsp3) is 0.524.